The van der Waals surface area contributed by atoms with Gasteiger partial charge in [0.1, 0.15) is 19.5 Å². The lowest BCUT2D eigenvalue weighted by atomic mass is 9.91. The number of carbonyl (C=O) groups is 3. The zero-order valence-corrected chi connectivity index (χ0v) is 18.3. The molecule has 0 spiro atoms. The smallest absolute Gasteiger partial charge is 0.407 e. The summed E-state index contributed by atoms with van der Waals surface area (Å²) in [6.45, 7) is 0.260. The second-order valence-corrected chi connectivity index (χ2v) is 7.60. The molecule has 6 heteroatoms. The summed E-state index contributed by atoms with van der Waals surface area (Å²) in [5.74, 6) is -1.06. The Labute approximate surface area is 193 Å². The first-order valence-corrected chi connectivity index (χ1v) is 10.8. The molecule has 2 atom stereocenters. The first-order chi connectivity index (χ1) is 16.2. The van der Waals surface area contributed by atoms with Gasteiger partial charge in [-0.1, -0.05) is 91.0 Å². The van der Waals surface area contributed by atoms with Crippen molar-refractivity contribution in [2.75, 3.05) is 0 Å². The van der Waals surface area contributed by atoms with Crippen LogP contribution in [0.5, 0.6) is 0 Å². The molecule has 0 saturated heterocycles. The van der Waals surface area contributed by atoms with Crippen molar-refractivity contribution in [3.05, 3.63) is 108 Å². The SMILES string of the molecule is O=CCC(CC(C(=O)OCc1ccccc1)c1ccccc1)NC(=O)OCc1ccccc1. The third-order valence-electron chi connectivity index (χ3n) is 5.15. The third kappa shape index (κ3) is 7.92. The van der Waals surface area contributed by atoms with Crippen LogP contribution in [-0.4, -0.2) is 24.4 Å². The second-order valence-electron chi connectivity index (χ2n) is 7.60. The van der Waals surface area contributed by atoms with Crippen LogP contribution in [0.2, 0.25) is 0 Å². The van der Waals surface area contributed by atoms with E-state index in [1.54, 1.807) is 0 Å². The van der Waals surface area contributed by atoms with E-state index < -0.39 is 24.0 Å². The van der Waals surface area contributed by atoms with Gasteiger partial charge in [-0.25, -0.2) is 4.79 Å². The Morgan fingerprint density at radius 3 is 1.82 bits per heavy atom. The quantitative estimate of drug-likeness (QED) is 0.339. The summed E-state index contributed by atoms with van der Waals surface area (Å²) in [7, 11) is 0. The number of alkyl carbamates (subject to hydrolysis) is 1. The molecule has 0 aliphatic heterocycles. The molecule has 3 aromatic carbocycles. The van der Waals surface area contributed by atoms with Crippen LogP contribution >= 0.6 is 0 Å². The lowest BCUT2D eigenvalue weighted by Crippen LogP contribution is -2.38. The Balaban J connectivity index is 1.65. The van der Waals surface area contributed by atoms with Gasteiger partial charge in [-0.05, 0) is 23.1 Å². The topological polar surface area (TPSA) is 81.7 Å². The number of hydrogen-bond acceptors (Lipinski definition) is 5. The molecule has 0 aromatic heterocycles. The van der Waals surface area contributed by atoms with Crippen molar-refractivity contribution in [2.45, 2.75) is 38.0 Å². The summed E-state index contributed by atoms with van der Waals surface area (Å²) in [5.41, 5.74) is 2.49. The van der Waals surface area contributed by atoms with Gasteiger partial charge < -0.3 is 19.6 Å². The highest BCUT2D eigenvalue weighted by Crippen LogP contribution is 2.24. The molecular weight excluding hydrogens is 418 g/mol. The third-order valence-corrected chi connectivity index (χ3v) is 5.15. The Bertz CT molecular complexity index is 1010. The fourth-order valence-electron chi connectivity index (χ4n) is 3.43. The minimum atomic E-state index is -0.644. The number of esters is 1. The van der Waals surface area contributed by atoms with Crippen LogP contribution in [0.3, 0.4) is 0 Å². The lowest BCUT2D eigenvalue weighted by Gasteiger charge is -2.22. The maximum absolute atomic E-state index is 13.0. The van der Waals surface area contributed by atoms with Crippen LogP contribution < -0.4 is 5.32 Å². The fourth-order valence-corrected chi connectivity index (χ4v) is 3.43. The first kappa shape index (κ1) is 23.7. The van der Waals surface area contributed by atoms with Crippen LogP contribution in [0, 0.1) is 0 Å². The zero-order chi connectivity index (χ0) is 23.3. The van der Waals surface area contributed by atoms with Gasteiger partial charge in [0.05, 0.1) is 5.92 Å². The van der Waals surface area contributed by atoms with Crippen LogP contribution in [-0.2, 0) is 32.3 Å². The summed E-state index contributed by atoms with van der Waals surface area (Å²) in [6, 6.07) is 27.3. The highest BCUT2D eigenvalue weighted by atomic mass is 16.5. The molecule has 3 aromatic rings. The molecule has 0 radical (unpaired) electrons. The van der Waals surface area contributed by atoms with E-state index in [1.165, 1.54) is 0 Å². The number of carbonyl (C=O) groups excluding carboxylic acids is 3. The second kappa shape index (κ2) is 12.8. The van der Waals surface area contributed by atoms with Crippen molar-refractivity contribution < 1.29 is 23.9 Å². The molecule has 0 heterocycles. The molecular formula is C27H27NO5. The van der Waals surface area contributed by atoms with E-state index in [4.69, 9.17) is 9.47 Å². The van der Waals surface area contributed by atoms with E-state index in [9.17, 15) is 14.4 Å². The first-order valence-electron chi connectivity index (χ1n) is 10.8. The average Bonchev–Trinajstić information content (AvgIpc) is 2.86. The van der Waals surface area contributed by atoms with Crippen molar-refractivity contribution in [1.82, 2.24) is 5.32 Å². The van der Waals surface area contributed by atoms with Crippen molar-refractivity contribution in [2.24, 2.45) is 0 Å². The largest absolute Gasteiger partial charge is 0.460 e. The van der Waals surface area contributed by atoms with E-state index in [-0.39, 0.29) is 26.1 Å². The van der Waals surface area contributed by atoms with Crippen molar-refractivity contribution >= 4 is 18.3 Å². The van der Waals surface area contributed by atoms with Crippen LogP contribution in [0.15, 0.2) is 91.0 Å². The lowest BCUT2D eigenvalue weighted by molar-refractivity contribution is -0.147. The minimum absolute atomic E-state index is 0.0513. The number of nitrogens with one attached hydrogen (secondary N) is 1. The number of hydrogen-bond donors (Lipinski definition) is 1. The van der Waals surface area contributed by atoms with Gasteiger partial charge in [-0.15, -0.1) is 0 Å². The predicted molar refractivity (Wildman–Crippen MR) is 124 cm³/mol. The maximum atomic E-state index is 13.0. The molecule has 33 heavy (non-hydrogen) atoms. The normalized spacial score (nSPS) is 12.2. The average molecular weight is 446 g/mol. The summed E-state index contributed by atoms with van der Waals surface area (Å²) in [4.78, 5) is 36.6. The van der Waals surface area contributed by atoms with Gasteiger partial charge in [-0.3, -0.25) is 4.79 Å². The molecule has 1 amide bonds. The van der Waals surface area contributed by atoms with Crippen molar-refractivity contribution in [3.8, 4) is 0 Å². The number of benzene rings is 3. The summed E-state index contributed by atoms with van der Waals surface area (Å²) >= 11 is 0. The van der Waals surface area contributed by atoms with Crippen LogP contribution in [0.25, 0.3) is 0 Å². The number of ether oxygens (including phenoxy) is 2. The minimum Gasteiger partial charge on any atom is -0.460 e. The standard InChI is InChI=1S/C27H27NO5/c29-17-16-24(28-27(31)33-20-22-12-6-2-7-13-22)18-25(23-14-8-3-9-15-23)26(30)32-19-21-10-4-1-5-11-21/h1-15,17,24-25H,16,18-20H2,(H,28,31). The van der Waals surface area contributed by atoms with Crippen molar-refractivity contribution in [1.29, 1.82) is 0 Å². The molecule has 2 unspecified atom stereocenters. The number of amides is 1. The van der Waals surface area contributed by atoms with Gasteiger partial charge in [0.2, 0.25) is 0 Å². The highest BCUT2D eigenvalue weighted by molar-refractivity contribution is 5.78. The summed E-state index contributed by atoms with van der Waals surface area (Å²) in [6.07, 6.45) is 0.335. The van der Waals surface area contributed by atoms with Crippen molar-refractivity contribution in [3.63, 3.8) is 0 Å². The molecule has 0 aliphatic carbocycles. The number of aldehydes is 1. The van der Waals surface area contributed by atoms with Gasteiger partial charge >= 0.3 is 12.1 Å². The van der Waals surface area contributed by atoms with E-state index in [1.807, 2.05) is 91.0 Å². The molecule has 3 rings (SSSR count). The van der Waals surface area contributed by atoms with E-state index in [2.05, 4.69) is 5.32 Å². The van der Waals surface area contributed by atoms with E-state index >= 15 is 0 Å². The van der Waals surface area contributed by atoms with Crippen LogP contribution in [0.1, 0.15) is 35.4 Å². The Morgan fingerprint density at radius 1 is 0.758 bits per heavy atom. The molecule has 170 valence electrons. The molecule has 0 fully saturated rings. The molecule has 6 nitrogen and oxygen atoms in total. The molecule has 0 bridgehead atoms. The Morgan fingerprint density at radius 2 is 1.27 bits per heavy atom. The monoisotopic (exact) mass is 445 g/mol. The number of rotatable bonds is 11. The summed E-state index contributed by atoms with van der Waals surface area (Å²) in [5, 5.41) is 2.72. The van der Waals surface area contributed by atoms with E-state index in [0.717, 1.165) is 23.0 Å². The molecule has 0 aliphatic rings. The molecule has 0 saturated carbocycles. The van der Waals surface area contributed by atoms with Crippen LogP contribution in [0.4, 0.5) is 4.79 Å². The van der Waals surface area contributed by atoms with Gasteiger partial charge in [0.25, 0.3) is 0 Å². The Kier molecular flexibility index (Phi) is 9.21. The molecule has 1 N–H and O–H groups in total. The zero-order valence-electron chi connectivity index (χ0n) is 18.3. The fraction of sp³-hybridized carbons (Fsp3) is 0.222. The van der Waals surface area contributed by atoms with Gasteiger partial charge in [0, 0.05) is 12.5 Å². The van der Waals surface area contributed by atoms with E-state index in [0.29, 0.717) is 0 Å². The Hall–Kier alpha value is -3.93. The highest BCUT2D eigenvalue weighted by Gasteiger charge is 2.27. The summed E-state index contributed by atoms with van der Waals surface area (Å²) < 4.78 is 10.8. The predicted octanol–water partition coefficient (Wildman–Crippen LogP) is 4.79. The maximum Gasteiger partial charge on any atom is 0.407 e. The van der Waals surface area contributed by atoms with Gasteiger partial charge in [0.15, 0.2) is 0 Å². The van der Waals surface area contributed by atoms with Gasteiger partial charge in [-0.2, -0.15) is 0 Å².